The van der Waals surface area contributed by atoms with Crippen LogP contribution in [0.4, 0.5) is 0 Å². The Morgan fingerprint density at radius 1 is 1.37 bits per heavy atom. The predicted molar refractivity (Wildman–Crippen MR) is 76.4 cm³/mol. The number of para-hydroxylation sites is 1. The summed E-state index contributed by atoms with van der Waals surface area (Å²) < 4.78 is 5.53. The van der Waals surface area contributed by atoms with Crippen LogP contribution < -0.4 is 0 Å². The monoisotopic (exact) mass is 259 g/mol. The zero-order valence-corrected chi connectivity index (χ0v) is 11.6. The van der Waals surface area contributed by atoms with E-state index >= 15 is 0 Å². The van der Waals surface area contributed by atoms with Crippen molar-refractivity contribution in [1.29, 1.82) is 0 Å². The van der Waals surface area contributed by atoms with Crippen LogP contribution in [0.5, 0.6) is 0 Å². The third-order valence-electron chi connectivity index (χ3n) is 4.61. The molecule has 2 aromatic rings. The molecular formula is C16H21NO2. The second-order valence-electron chi connectivity index (χ2n) is 5.61. The van der Waals surface area contributed by atoms with E-state index in [0.29, 0.717) is 0 Å². The van der Waals surface area contributed by atoms with E-state index in [9.17, 15) is 5.11 Å². The minimum Gasteiger partial charge on any atom is -0.396 e. The third kappa shape index (κ3) is 1.72. The summed E-state index contributed by atoms with van der Waals surface area (Å²) in [7, 11) is 0. The molecule has 3 rings (SSSR count). The normalized spacial score (nSPS) is 19.3. The fourth-order valence-electron chi connectivity index (χ4n) is 3.52. The summed E-state index contributed by atoms with van der Waals surface area (Å²) >= 11 is 0. The van der Waals surface area contributed by atoms with Gasteiger partial charge in [0.05, 0.1) is 13.2 Å². The Morgan fingerprint density at radius 2 is 2.11 bits per heavy atom. The van der Waals surface area contributed by atoms with Gasteiger partial charge in [0, 0.05) is 28.6 Å². The molecule has 3 nitrogen and oxygen atoms in total. The van der Waals surface area contributed by atoms with Gasteiger partial charge in [-0.3, -0.25) is 0 Å². The molecule has 2 heterocycles. The largest absolute Gasteiger partial charge is 0.396 e. The fraction of sp³-hybridized carbons (Fsp3) is 0.500. The SMILES string of the molecule is CCC(CO)C1(c2c(C)[nH]c3ccccc23)COC1. The van der Waals surface area contributed by atoms with E-state index in [-0.39, 0.29) is 17.9 Å². The topological polar surface area (TPSA) is 45.2 Å². The van der Waals surface area contributed by atoms with Crippen molar-refractivity contribution < 1.29 is 9.84 Å². The number of aryl methyl sites for hydroxylation is 1. The number of hydrogen-bond acceptors (Lipinski definition) is 2. The average Bonchev–Trinajstić information content (AvgIpc) is 2.70. The first-order valence-electron chi connectivity index (χ1n) is 6.99. The second kappa shape index (κ2) is 4.66. The van der Waals surface area contributed by atoms with Crippen LogP contribution in [-0.4, -0.2) is 29.9 Å². The predicted octanol–water partition coefficient (Wildman–Crippen LogP) is 2.76. The molecule has 0 bridgehead atoms. The van der Waals surface area contributed by atoms with Crippen molar-refractivity contribution in [3.8, 4) is 0 Å². The van der Waals surface area contributed by atoms with Crippen LogP contribution in [0.1, 0.15) is 24.6 Å². The van der Waals surface area contributed by atoms with Gasteiger partial charge in [-0.15, -0.1) is 0 Å². The van der Waals surface area contributed by atoms with Gasteiger partial charge in [0.1, 0.15) is 0 Å². The van der Waals surface area contributed by atoms with Crippen molar-refractivity contribution in [3.63, 3.8) is 0 Å². The number of ether oxygens (including phenoxy) is 1. The molecular weight excluding hydrogens is 238 g/mol. The number of aromatic amines is 1. The Balaban J connectivity index is 2.19. The summed E-state index contributed by atoms with van der Waals surface area (Å²) in [6.07, 6.45) is 0.971. The highest BCUT2D eigenvalue weighted by Gasteiger charge is 2.48. The number of H-pyrrole nitrogens is 1. The Kier molecular flexibility index (Phi) is 3.11. The summed E-state index contributed by atoms with van der Waals surface area (Å²) in [5.74, 6) is 0.263. The summed E-state index contributed by atoms with van der Waals surface area (Å²) in [6, 6.07) is 8.40. The number of hydrogen-bond donors (Lipinski definition) is 2. The zero-order valence-electron chi connectivity index (χ0n) is 11.6. The number of benzene rings is 1. The lowest BCUT2D eigenvalue weighted by atomic mass is 9.67. The molecule has 1 atom stereocenters. The van der Waals surface area contributed by atoms with E-state index in [1.165, 1.54) is 22.2 Å². The van der Waals surface area contributed by atoms with Gasteiger partial charge in [-0.2, -0.15) is 0 Å². The van der Waals surface area contributed by atoms with Crippen LogP contribution in [0.2, 0.25) is 0 Å². The van der Waals surface area contributed by atoms with E-state index < -0.39 is 0 Å². The molecule has 1 aromatic heterocycles. The standard InChI is InChI=1S/C16H21NO2/c1-3-12(8-18)16(9-19-10-16)15-11(2)17-14-7-5-4-6-13(14)15/h4-7,12,17-18H,3,8-10H2,1-2H3. The maximum atomic E-state index is 9.72. The first-order valence-corrected chi connectivity index (χ1v) is 6.99. The fourth-order valence-corrected chi connectivity index (χ4v) is 3.52. The van der Waals surface area contributed by atoms with Gasteiger partial charge in [-0.1, -0.05) is 31.5 Å². The van der Waals surface area contributed by atoms with Crippen LogP contribution in [0.25, 0.3) is 10.9 Å². The number of fused-ring (bicyclic) bond motifs is 1. The molecule has 19 heavy (non-hydrogen) atoms. The van der Waals surface area contributed by atoms with Gasteiger partial charge in [0.25, 0.3) is 0 Å². The van der Waals surface area contributed by atoms with Crippen LogP contribution >= 0.6 is 0 Å². The van der Waals surface area contributed by atoms with Crippen molar-refractivity contribution in [3.05, 3.63) is 35.5 Å². The van der Waals surface area contributed by atoms with Gasteiger partial charge >= 0.3 is 0 Å². The molecule has 3 heteroatoms. The number of nitrogens with one attached hydrogen (secondary N) is 1. The van der Waals surface area contributed by atoms with E-state index in [2.05, 4.69) is 43.1 Å². The highest BCUT2D eigenvalue weighted by molar-refractivity contribution is 5.86. The minimum absolute atomic E-state index is 0.0206. The van der Waals surface area contributed by atoms with Gasteiger partial charge in [0.2, 0.25) is 0 Å². The Bertz CT molecular complexity index is 579. The van der Waals surface area contributed by atoms with Crippen molar-refractivity contribution >= 4 is 10.9 Å². The van der Waals surface area contributed by atoms with Crippen LogP contribution in [0, 0.1) is 12.8 Å². The molecule has 1 aromatic carbocycles. The Hall–Kier alpha value is -1.32. The molecule has 1 aliphatic rings. The van der Waals surface area contributed by atoms with Gasteiger partial charge in [0.15, 0.2) is 0 Å². The minimum atomic E-state index is -0.0206. The van der Waals surface area contributed by atoms with E-state index in [1.54, 1.807) is 0 Å². The van der Waals surface area contributed by atoms with E-state index in [1.807, 2.05) is 0 Å². The maximum Gasteiger partial charge on any atom is 0.0590 e. The quantitative estimate of drug-likeness (QED) is 0.886. The molecule has 1 fully saturated rings. The second-order valence-corrected chi connectivity index (χ2v) is 5.61. The van der Waals surface area contributed by atoms with Gasteiger partial charge in [-0.05, 0) is 24.5 Å². The molecule has 0 saturated carbocycles. The number of rotatable bonds is 4. The smallest absolute Gasteiger partial charge is 0.0590 e. The van der Waals surface area contributed by atoms with E-state index in [0.717, 1.165) is 19.6 Å². The summed E-state index contributed by atoms with van der Waals surface area (Å²) in [5.41, 5.74) is 3.70. The molecule has 102 valence electrons. The lowest BCUT2D eigenvalue weighted by molar-refractivity contribution is -0.101. The third-order valence-corrected chi connectivity index (χ3v) is 4.61. The van der Waals surface area contributed by atoms with Crippen molar-refractivity contribution in [2.75, 3.05) is 19.8 Å². The number of aliphatic hydroxyl groups is 1. The lowest BCUT2D eigenvalue weighted by Crippen LogP contribution is -2.53. The first-order chi connectivity index (χ1) is 9.23. The van der Waals surface area contributed by atoms with E-state index in [4.69, 9.17) is 4.74 Å². The Morgan fingerprint density at radius 3 is 2.68 bits per heavy atom. The number of aliphatic hydroxyl groups excluding tert-OH is 1. The summed E-state index contributed by atoms with van der Waals surface area (Å²) in [5, 5.41) is 11.0. The molecule has 1 aliphatic heterocycles. The molecule has 0 spiro atoms. The zero-order chi connectivity index (χ0) is 13.5. The highest BCUT2D eigenvalue weighted by atomic mass is 16.5. The molecule has 0 aliphatic carbocycles. The van der Waals surface area contributed by atoms with Crippen molar-refractivity contribution in [2.45, 2.75) is 25.7 Å². The Labute approximate surface area is 113 Å². The summed E-state index contributed by atoms with van der Waals surface area (Å²) in [4.78, 5) is 3.47. The molecule has 0 amide bonds. The van der Waals surface area contributed by atoms with Crippen LogP contribution in [0.3, 0.4) is 0 Å². The molecule has 0 radical (unpaired) electrons. The highest BCUT2D eigenvalue weighted by Crippen LogP contribution is 2.45. The first kappa shape index (κ1) is 12.7. The van der Waals surface area contributed by atoms with Crippen LogP contribution in [0.15, 0.2) is 24.3 Å². The molecule has 1 unspecified atom stereocenters. The summed E-state index contributed by atoms with van der Waals surface area (Å²) in [6.45, 7) is 5.92. The molecule has 2 N–H and O–H groups in total. The van der Waals surface area contributed by atoms with Crippen molar-refractivity contribution in [2.24, 2.45) is 5.92 Å². The molecule has 1 saturated heterocycles. The number of aromatic nitrogens is 1. The van der Waals surface area contributed by atoms with Crippen LogP contribution in [-0.2, 0) is 10.2 Å². The van der Waals surface area contributed by atoms with Crippen molar-refractivity contribution in [1.82, 2.24) is 4.98 Å². The average molecular weight is 259 g/mol. The maximum absolute atomic E-state index is 9.72. The van der Waals surface area contributed by atoms with Gasteiger partial charge in [-0.25, -0.2) is 0 Å². The lowest BCUT2D eigenvalue weighted by Gasteiger charge is -2.47. The van der Waals surface area contributed by atoms with Gasteiger partial charge < -0.3 is 14.8 Å².